The fraction of sp³-hybridized carbons (Fsp3) is 0.562. The zero-order valence-corrected chi connectivity index (χ0v) is 14.4. The quantitative estimate of drug-likeness (QED) is 0.807. The summed E-state index contributed by atoms with van der Waals surface area (Å²) in [5, 5.41) is 3.52. The number of hydrogen-bond donors (Lipinski definition) is 1. The van der Waals surface area contributed by atoms with Gasteiger partial charge in [-0.25, -0.2) is 0 Å². The molecular weight excluding hydrogens is 363 g/mol. The molecule has 0 aliphatic carbocycles. The number of halogens is 1. The van der Waals surface area contributed by atoms with Gasteiger partial charge in [0.1, 0.15) is 0 Å². The van der Waals surface area contributed by atoms with Crippen LogP contribution in [0.4, 0.5) is 0 Å². The van der Waals surface area contributed by atoms with Gasteiger partial charge in [0.15, 0.2) is 0 Å². The Morgan fingerprint density at radius 2 is 2.25 bits per heavy atom. The lowest BCUT2D eigenvalue weighted by Crippen LogP contribution is -2.45. The van der Waals surface area contributed by atoms with Gasteiger partial charge >= 0.3 is 0 Å². The van der Waals surface area contributed by atoms with Gasteiger partial charge in [0.05, 0.1) is 5.56 Å². The van der Waals surface area contributed by atoms with Gasteiger partial charge in [0, 0.05) is 22.7 Å². The first kappa shape index (κ1) is 15.8. The van der Waals surface area contributed by atoms with E-state index < -0.39 is 0 Å². The van der Waals surface area contributed by atoms with E-state index in [0.717, 1.165) is 28.8 Å². The minimum absolute atomic E-state index is 0.160. The highest BCUT2D eigenvalue weighted by molar-refractivity contribution is 14.1. The lowest BCUT2D eigenvalue weighted by molar-refractivity contribution is 0.0740. The van der Waals surface area contributed by atoms with Crippen molar-refractivity contribution >= 4 is 28.5 Å². The highest BCUT2D eigenvalue weighted by Gasteiger charge is 2.22. The molecule has 1 fully saturated rings. The van der Waals surface area contributed by atoms with Crippen LogP contribution >= 0.6 is 22.6 Å². The summed E-state index contributed by atoms with van der Waals surface area (Å²) >= 11 is 2.28. The number of benzene rings is 1. The smallest absolute Gasteiger partial charge is 0.254 e. The summed E-state index contributed by atoms with van der Waals surface area (Å²) in [6.07, 6.45) is 3.70. The maximum atomic E-state index is 12.7. The van der Waals surface area contributed by atoms with Crippen LogP contribution in [0.5, 0.6) is 0 Å². The minimum Gasteiger partial charge on any atom is -0.337 e. The van der Waals surface area contributed by atoms with Gasteiger partial charge in [-0.3, -0.25) is 4.79 Å². The number of carbonyl (C=O) groups is 1. The number of nitrogens with one attached hydrogen (secondary N) is 1. The van der Waals surface area contributed by atoms with Crippen LogP contribution in [0.15, 0.2) is 18.2 Å². The number of carbonyl (C=O) groups excluding carboxylic acids is 1. The monoisotopic (exact) mass is 386 g/mol. The molecule has 1 amide bonds. The van der Waals surface area contributed by atoms with E-state index in [1.165, 1.54) is 24.8 Å². The van der Waals surface area contributed by atoms with Crippen molar-refractivity contribution < 1.29 is 4.79 Å². The molecule has 0 bridgehead atoms. The predicted molar refractivity (Wildman–Crippen MR) is 91.1 cm³/mol. The molecular formula is C16H23IN2O. The van der Waals surface area contributed by atoms with E-state index in [9.17, 15) is 4.79 Å². The van der Waals surface area contributed by atoms with E-state index >= 15 is 0 Å². The van der Waals surface area contributed by atoms with Crippen molar-refractivity contribution in [3.05, 3.63) is 32.9 Å². The Labute approximate surface area is 135 Å². The number of amides is 1. The molecule has 1 N–H and O–H groups in total. The second-order valence-electron chi connectivity index (χ2n) is 5.43. The van der Waals surface area contributed by atoms with Crippen LogP contribution in [0.25, 0.3) is 0 Å². The number of rotatable bonds is 4. The lowest BCUT2D eigenvalue weighted by atomic mass is 10.0. The molecule has 2 rings (SSSR count). The second kappa shape index (κ2) is 7.41. The van der Waals surface area contributed by atoms with Gasteiger partial charge < -0.3 is 10.2 Å². The SMILES string of the molecule is CCN(CC1CCCCN1)C(=O)c1cccc(C)c1I. The fourth-order valence-corrected chi connectivity index (χ4v) is 3.27. The van der Waals surface area contributed by atoms with Gasteiger partial charge in [-0.15, -0.1) is 0 Å². The second-order valence-corrected chi connectivity index (χ2v) is 6.51. The molecule has 110 valence electrons. The Kier molecular flexibility index (Phi) is 5.84. The molecule has 1 unspecified atom stereocenters. The van der Waals surface area contributed by atoms with Crippen LogP contribution in [-0.4, -0.2) is 36.5 Å². The van der Waals surface area contributed by atoms with Crippen molar-refractivity contribution in [2.75, 3.05) is 19.6 Å². The molecule has 1 aliphatic rings. The van der Waals surface area contributed by atoms with E-state index in [4.69, 9.17) is 0 Å². The van der Waals surface area contributed by atoms with Crippen LogP contribution in [-0.2, 0) is 0 Å². The van der Waals surface area contributed by atoms with Gasteiger partial charge in [-0.05, 0) is 67.5 Å². The normalized spacial score (nSPS) is 18.9. The predicted octanol–water partition coefficient (Wildman–Crippen LogP) is 3.20. The molecule has 1 atom stereocenters. The summed E-state index contributed by atoms with van der Waals surface area (Å²) in [6, 6.07) is 6.42. The average Bonchev–Trinajstić information content (AvgIpc) is 2.48. The number of piperidine rings is 1. The summed E-state index contributed by atoms with van der Waals surface area (Å²) in [7, 11) is 0. The van der Waals surface area contributed by atoms with Crippen molar-refractivity contribution in [1.82, 2.24) is 10.2 Å². The maximum absolute atomic E-state index is 12.7. The number of likely N-dealkylation sites (N-methyl/N-ethyl adjacent to an activating group) is 1. The van der Waals surface area contributed by atoms with Crippen LogP contribution in [0.2, 0.25) is 0 Å². The van der Waals surface area contributed by atoms with Gasteiger partial charge in [0.2, 0.25) is 0 Å². The van der Waals surface area contributed by atoms with Crippen molar-refractivity contribution in [3.8, 4) is 0 Å². The highest BCUT2D eigenvalue weighted by Crippen LogP contribution is 2.19. The van der Waals surface area contributed by atoms with E-state index in [-0.39, 0.29) is 5.91 Å². The number of hydrogen-bond acceptors (Lipinski definition) is 2. The molecule has 0 radical (unpaired) electrons. The zero-order chi connectivity index (χ0) is 14.5. The van der Waals surface area contributed by atoms with Crippen LogP contribution in [0.3, 0.4) is 0 Å². The van der Waals surface area contributed by atoms with E-state index in [0.29, 0.717) is 6.04 Å². The standard InChI is InChI=1S/C16H23IN2O/c1-3-19(11-13-8-4-5-10-18-13)16(20)14-9-6-7-12(2)15(14)17/h6-7,9,13,18H,3-5,8,10-11H2,1-2H3. The molecule has 1 aliphatic heterocycles. The Morgan fingerprint density at radius 1 is 1.45 bits per heavy atom. The molecule has 20 heavy (non-hydrogen) atoms. The molecule has 1 saturated heterocycles. The summed E-state index contributed by atoms with van der Waals surface area (Å²) in [5.41, 5.74) is 2.01. The Morgan fingerprint density at radius 3 is 2.90 bits per heavy atom. The minimum atomic E-state index is 0.160. The van der Waals surface area contributed by atoms with Gasteiger partial charge in [-0.2, -0.15) is 0 Å². The molecule has 0 aromatic heterocycles. The summed E-state index contributed by atoms with van der Waals surface area (Å²) in [4.78, 5) is 14.7. The molecule has 0 saturated carbocycles. The molecule has 4 heteroatoms. The van der Waals surface area contributed by atoms with Crippen molar-refractivity contribution in [1.29, 1.82) is 0 Å². The fourth-order valence-electron chi connectivity index (χ4n) is 2.68. The summed E-state index contributed by atoms with van der Waals surface area (Å²) < 4.78 is 1.07. The summed E-state index contributed by atoms with van der Waals surface area (Å²) in [6.45, 7) is 6.78. The van der Waals surface area contributed by atoms with Gasteiger partial charge in [-0.1, -0.05) is 18.6 Å². The topological polar surface area (TPSA) is 32.3 Å². The van der Waals surface area contributed by atoms with Crippen molar-refractivity contribution in [2.45, 2.75) is 39.2 Å². The van der Waals surface area contributed by atoms with E-state index in [2.05, 4.69) is 47.8 Å². The summed E-state index contributed by atoms with van der Waals surface area (Å²) in [5.74, 6) is 0.160. The average molecular weight is 386 g/mol. The highest BCUT2D eigenvalue weighted by atomic mass is 127. The molecule has 0 spiro atoms. The molecule has 1 aromatic carbocycles. The first-order valence-corrected chi connectivity index (χ1v) is 8.49. The lowest BCUT2D eigenvalue weighted by Gasteiger charge is -2.30. The first-order valence-electron chi connectivity index (χ1n) is 7.41. The van der Waals surface area contributed by atoms with Crippen molar-refractivity contribution in [3.63, 3.8) is 0 Å². The third-order valence-corrected chi connectivity index (χ3v) is 5.38. The van der Waals surface area contributed by atoms with E-state index in [1.54, 1.807) is 0 Å². The molecule has 1 heterocycles. The Hall–Kier alpha value is -0.620. The zero-order valence-electron chi connectivity index (χ0n) is 12.3. The first-order chi connectivity index (χ1) is 9.63. The van der Waals surface area contributed by atoms with E-state index in [1.807, 2.05) is 17.0 Å². The third kappa shape index (κ3) is 3.73. The van der Waals surface area contributed by atoms with Crippen molar-refractivity contribution in [2.24, 2.45) is 0 Å². The Bertz CT molecular complexity index is 470. The molecule has 3 nitrogen and oxygen atoms in total. The van der Waals surface area contributed by atoms with Gasteiger partial charge in [0.25, 0.3) is 5.91 Å². The van der Waals surface area contributed by atoms with Crippen LogP contribution in [0.1, 0.15) is 42.1 Å². The van der Waals surface area contributed by atoms with Crippen LogP contribution in [0, 0.1) is 10.5 Å². The number of nitrogens with zero attached hydrogens (tertiary/aromatic N) is 1. The Balaban J connectivity index is 2.10. The van der Waals surface area contributed by atoms with Crippen LogP contribution < -0.4 is 5.32 Å². The maximum Gasteiger partial charge on any atom is 0.254 e. The molecule has 1 aromatic rings. The largest absolute Gasteiger partial charge is 0.337 e. The number of aryl methyl sites for hydroxylation is 1. The third-order valence-electron chi connectivity index (χ3n) is 3.94.